The molecule has 1 nitrogen and oxygen atoms in total. The Bertz CT molecular complexity index is 678. The molecule has 1 aromatic rings. The highest BCUT2D eigenvalue weighted by atomic mass is 35.5. The lowest BCUT2D eigenvalue weighted by molar-refractivity contribution is 0.190. The zero-order chi connectivity index (χ0) is 18.1. The average Bonchev–Trinajstić information content (AvgIpc) is 3.13. The van der Waals surface area contributed by atoms with E-state index in [0.29, 0.717) is 11.3 Å². The monoisotopic (exact) mass is 376 g/mol. The molecule has 0 bridgehead atoms. The molecule has 1 aliphatic rings. The SMILES string of the molecule is C=C/C(F)=C(\C=C(/C)C1C(c2ccc(OC)cc2)C1(Cl)Cl)C(F)F. The Kier molecular flexibility index (Phi) is 5.71. The van der Waals surface area contributed by atoms with Crippen molar-refractivity contribution in [2.24, 2.45) is 5.92 Å². The average molecular weight is 377 g/mol. The van der Waals surface area contributed by atoms with E-state index in [-0.39, 0.29) is 11.8 Å². The van der Waals surface area contributed by atoms with Crippen molar-refractivity contribution >= 4 is 23.2 Å². The summed E-state index contributed by atoms with van der Waals surface area (Å²) in [5.74, 6) is -0.996. The van der Waals surface area contributed by atoms with E-state index in [2.05, 4.69) is 6.58 Å². The van der Waals surface area contributed by atoms with Gasteiger partial charge in [0, 0.05) is 11.8 Å². The molecule has 0 spiro atoms. The Morgan fingerprint density at radius 3 is 2.33 bits per heavy atom. The molecular weight excluding hydrogens is 360 g/mol. The van der Waals surface area contributed by atoms with Crippen LogP contribution in [0.3, 0.4) is 0 Å². The van der Waals surface area contributed by atoms with E-state index in [9.17, 15) is 13.2 Å². The van der Waals surface area contributed by atoms with Gasteiger partial charge in [-0.15, -0.1) is 23.2 Å². The van der Waals surface area contributed by atoms with Gasteiger partial charge < -0.3 is 4.74 Å². The zero-order valence-corrected chi connectivity index (χ0v) is 14.7. The number of methoxy groups -OCH3 is 1. The highest BCUT2D eigenvalue weighted by molar-refractivity contribution is 6.52. The summed E-state index contributed by atoms with van der Waals surface area (Å²) in [4.78, 5) is 0. The topological polar surface area (TPSA) is 9.23 Å². The van der Waals surface area contributed by atoms with Gasteiger partial charge in [0.15, 0.2) is 0 Å². The third kappa shape index (κ3) is 3.65. The molecule has 0 aromatic heterocycles. The van der Waals surface area contributed by atoms with E-state index < -0.39 is 22.2 Å². The van der Waals surface area contributed by atoms with Gasteiger partial charge in [-0.25, -0.2) is 13.2 Å². The summed E-state index contributed by atoms with van der Waals surface area (Å²) in [6.07, 6.45) is -1.08. The fourth-order valence-electron chi connectivity index (χ4n) is 2.81. The van der Waals surface area contributed by atoms with Crippen LogP contribution in [0.1, 0.15) is 18.4 Å². The van der Waals surface area contributed by atoms with Crippen molar-refractivity contribution in [2.75, 3.05) is 7.11 Å². The van der Waals surface area contributed by atoms with Crippen molar-refractivity contribution in [3.63, 3.8) is 0 Å². The second-order valence-corrected chi connectivity index (χ2v) is 7.04. The molecule has 0 aliphatic heterocycles. The number of rotatable bonds is 6. The minimum absolute atomic E-state index is 0.256. The third-order valence-corrected chi connectivity index (χ3v) is 5.03. The normalized spacial score (nSPS) is 23.8. The van der Waals surface area contributed by atoms with E-state index >= 15 is 0 Å². The highest BCUT2D eigenvalue weighted by Crippen LogP contribution is 2.67. The smallest absolute Gasteiger partial charge is 0.266 e. The maximum absolute atomic E-state index is 13.5. The van der Waals surface area contributed by atoms with Crippen molar-refractivity contribution in [3.8, 4) is 5.75 Å². The molecule has 0 N–H and O–H groups in total. The first-order valence-electron chi connectivity index (χ1n) is 7.24. The molecule has 6 heteroatoms. The molecule has 2 unspecified atom stereocenters. The number of ether oxygens (including phenoxy) is 1. The minimum Gasteiger partial charge on any atom is -0.497 e. The van der Waals surface area contributed by atoms with E-state index in [1.165, 1.54) is 0 Å². The Morgan fingerprint density at radius 2 is 1.88 bits per heavy atom. The highest BCUT2D eigenvalue weighted by Gasteiger charge is 2.64. The number of hydrogen-bond donors (Lipinski definition) is 0. The summed E-state index contributed by atoms with van der Waals surface area (Å²) in [6.45, 7) is 4.80. The van der Waals surface area contributed by atoms with E-state index in [1.807, 2.05) is 12.1 Å². The number of alkyl halides is 4. The van der Waals surface area contributed by atoms with Crippen LogP contribution in [0.5, 0.6) is 5.75 Å². The van der Waals surface area contributed by atoms with Crippen LogP contribution in [0.15, 0.2) is 60.0 Å². The second kappa shape index (κ2) is 7.24. The Morgan fingerprint density at radius 1 is 1.29 bits per heavy atom. The lowest BCUT2D eigenvalue weighted by Gasteiger charge is -2.06. The Hall–Kier alpha value is -1.39. The third-order valence-electron chi connectivity index (χ3n) is 4.09. The quantitative estimate of drug-likeness (QED) is 0.423. The van der Waals surface area contributed by atoms with Gasteiger partial charge in [-0.05, 0) is 30.7 Å². The standard InChI is InChI=1S/C18H17Cl2F3O/c1-4-14(21)13(17(22)23)9-10(2)15-16(18(15,19)20)11-5-7-12(24-3)8-6-11/h4-9,15-17H,1H2,2-3H3/b10-9+,14-13-. The fraction of sp³-hybridized carbons (Fsp3) is 0.333. The van der Waals surface area contributed by atoms with Gasteiger partial charge in [0.1, 0.15) is 15.9 Å². The van der Waals surface area contributed by atoms with E-state index in [4.69, 9.17) is 27.9 Å². The second-order valence-electron chi connectivity index (χ2n) is 5.60. The molecule has 1 aliphatic carbocycles. The maximum Gasteiger partial charge on any atom is 0.266 e. The summed E-state index contributed by atoms with van der Waals surface area (Å²) in [7, 11) is 1.56. The van der Waals surface area contributed by atoms with Crippen molar-refractivity contribution in [1.29, 1.82) is 0 Å². The summed E-state index contributed by atoms with van der Waals surface area (Å²) >= 11 is 12.7. The molecular formula is C18H17Cl2F3O. The van der Waals surface area contributed by atoms with Crippen molar-refractivity contribution in [1.82, 2.24) is 0 Å². The largest absolute Gasteiger partial charge is 0.497 e. The minimum atomic E-state index is -2.95. The first kappa shape index (κ1) is 18.9. The summed E-state index contributed by atoms with van der Waals surface area (Å²) in [5.41, 5.74) is 0.644. The van der Waals surface area contributed by atoms with Crippen molar-refractivity contribution in [2.45, 2.75) is 23.6 Å². The van der Waals surface area contributed by atoms with Crippen LogP contribution in [-0.4, -0.2) is 17.9 Å². The van der Waals surface area contributed by atoms with Gasteiger partial charge in [0.2, 0.25) is 0 Å². The molecule has 130 valence electrons. The van der Waals surface area contributed by atoms with Crippen LogP contribution in [0.4, 0.5) is 13.2 Å². The van der Waals surface area contributed by atoms with E-state index in [0.717, 1.165) is 17.7 Å². The first-order valence-corrected chi connectivity index (χ1v) is 7.99. The first-order chi connectivity index (χ1) is 11.2. The number of hydrogen-bond acceptors (Lipinski definition) is 1. The molecule has 1 aromatic carbocycles. The van der Waals surface area contributed by atoms with Gasteiger partial charge >= 0.3 is 0 Å². The van der Waals surface area contributed by atoms with Crippen LogP contribution < -0.4 is 4.74 Å². The van der Waals surface area contributed by atoms with Crippen LogP contribution in [0.2, 0.25) is 0 Å². The van der Waals surface area contributed by atoms with Gasteiger partial charge in [0.05, 0.1) is 12.7 Å². The lowest BCUT2D eigenvalue weighted by Crippen LogP contribution is -1.99. The molecule has 1 saturated carbocycles. The molecule has 1 fully saturated rings. The molecule has 0 heterocycles. The van der Waals surface area contributed by atoms with Crippen LogP contribution >= 0.6 is 23.2 Å². The van der Waals surface area contributed by atoms with Gasteiger partial charge in [-0.1, -0.05) is 30.4 Å². The number of allylic oxidation sites excluding steroid dienone is 5. The van der Waals surface area contributed by atoms with Gasteiger partial charge in [-0.2, -0.15) is 0 Å². The predicted octanol–water partition coefficient (Wildman–Crippen LogP) is 6.20. The predicted molar refractivity (Wildman–Crippen MR) is 91.8 cm³/mol. The fourth-order valence-corrected chi connectivity index (χ4v) is 3.78. The summed E-state index contributed by atoms with van der Waals surface area (Å²) in [5, 5.41) is 0. The van der Waals surface area contributed by atoms with Gasteiger partial charge in [-0.3, -0.25) is 0 Å². The molecule has 0 radical (unpaired) electrons. The van der Waals surface area contributed by atoms with Crippen LogP contribution in [0.25, 0.3) is 0 Å². The maximum atomic E-state index is 13.5. The molecule has 24 heavy (non-hydrogen) atoms. The molecule has 2 rings (SSSR count). The van der Waals surface area contributed by atoms with Crippen LogP contribution in [0, 0.1) is 5.92 Å². The number of benzene rings is 1. The summed E-state index contributed by atoms with van der Waals surface area (Å²) in [6, 6.07) is 7.19. The Balaban J connectivity index is 2.30. The molecule has 0 amide bonds. The summed E-state index contributed by atoms with van der Waals surface area (Å²) < 4.78 is 43.5. The van der Waals surface area contributed by atoms with Gasteiger partial charge in [0.25, 0.3) is 6.43 Å². The van der Waals surface area contributed by atoms with E-state index in [1.54, 1.807) is 26.2 Å². The zero-order valence-electron chi connectivity index (χ0n) is 13.2. The van der Waals surface area contributed by atoms with Crippen molar-refractivity contribution < 1.29 is 17.9 Å². The molecule has 2 atom stereocenters. The molecule has 0 saturated heterocycles. The number of halogens is 5. The lowest BCUT2D eigenvalue weighted by atomic mass is 10.0. The van der Waals surface area contributed by atoms with Crippen LogP contribution in [-0.2, 0) is 0 Å². The van der Waals surface area contributed by atoms with Crippen molar-refractivity contribution in [3.05, 3.63) is 65.5 Å². The Labute approximate surface area is 149 Å².